The number of esters is 2. The lowest BCUT2D eigenvalue weighted by molar-refractivity contribution is -0.224. The number of hydrogen-bond donors (Lipinski definition) is 3. The minimum Gasteiger partial charge on any atom is -0.460 e. The fourth-order valence-electron chi connectivity index (χ4n) is 9.35. The number of aliphatic hydroxyl groups is 1. The first-order valence-corrected chi connectivity index (χ1v) is 23.0. The van der Waals surface area contributed by atoms with Crippen molar-refractivity contribution in [2.45, 2.75) is 166 Å². The van der Waals surface area contributed by atoms with Crippen molar-refractivity contribution >= 4 is 35.7 Å². The van der Waals surface area contributed by atoms with Crippen LogP contribution in [-0.2, 0) is 56.1 Å². The number of fused-ring (bicyclic) bond motifs is 4. The predicted octanol–water partition coefficient (Wildman–Crippen LogP) is 5.76. The first-order valence-electron chi connectivity index (χ1n) is 23.0. The van der Waals surface area contributed by atoms with Crippen LogP contribution in [0.5, 0.6) is 0 Å². The van der Waals surface area contributed by atoms with Crippen molar-refractivity contribution in [3.63, 3.8) is 0 Å². The Morgan fingerprint density at radius 2 is 1.69 bits per heavy atom. The molecule has 4 fully saturated rings. The summed E-state index contributed by atoms with van der Waals surface area (Å²) in [4.78, 5) is 76.0. The van der Waals surface area contributed by atoms with Gasteiger partial charge < -0.3 is 39.6 Å². The monoisotopic (exact) mass is 888 g/mol. The molecule has 7 atom stereocenters. The summed E-state index contributed by atoms with van der Waals surface area (Å²) in [5.41, 5.74) is 0.361. The number of rotatable bonds is 21. The Morgan fingerprint density at radius 3 is 2.36 bits per heavy atom. The van der Waals surface area contributed by atoms with Crippen molar-refractivity contribution in [3.05, 3.63) is 76.9 Å². The van der Waals surface area contributed by atoms with Gasteiger partial charge in [-0.2, -0.15) is 5.06 Å². The zero-order valence-electron chi connectivity index (χ0n) is 38.6. The summed E-state index contributed by atoms with van der Waals surface area (Å²) >= 11 is 0. The Labute approximate surface area is 377 Å². The van der Waals surface area contributed by atoms with E-state index < -0.39 is 77.1 Å². The van der Waals surface area contributed by atoms with Crippen LogP contribution in [0.4, 0.5) is 0 Å². The second kappa shape index (κ2) is 21.1. The predicted molar refractivity (Wildman–Crippen MR) is 238 cm³/mol. The van der Waals surface area contributed by atoms with Crippen molar-refractivity contribution in [1.29, 1.82) is 0 Å². The van der Waals surface area contributed by atoms with Crippen LogP contribution in [-0.4, -0.2) is 113 Å². The number of nitrogens with zero attached hydrogens (tertiary/aromatic N) is 2. The second-order valence-corrected chi connectivity index (χ2v) is 18.8. The van der Waals surface area contributed by atoms with Crippen LogP contribution in [0.25, 0.3) is 6.08 Å². The highest BCUT2D eigenvalue weighted by molar-refractivity contribution is 5.95. The van der Waals surface area contributed by atoms with Gasteiger partial charge in [0.15, 0.2) is 11.8 Å². The summed E-state index contributed by atoms with van der Waals surface area (Å²) in [7, 11) is 3.35. The number of benzene rings is 2. The van der Waals surface area contributed by atoms with Crippen molar-refractivity contribution in [2.24, 2.45) is 5.41 Å². The fraction of sp³-hybridized carbons (Fsp3) is 0.612. The van der Waals surface area contributed by atoms with Gasteiger partial charge in [0, 0.05) is 58.0 Å². The quantitative estimate of drug-likeness (QED) is 0.0785. The molecule has 64 heavy (non-hydrogen) atoms. The molecule has 2 bridgehead atoms. The van der Waals surface area contributed by atoms with E-state index in [1.807, 2.05) is 24.3 Å². The summed E-state index contributed by atoms with van der Waals surface area (Å²) < 4.78 is 25.5. The van der Waals surface area contributed by atoms with E-state index in [0.29, 0.717) is 24.0 Å². The van der Waals surface area contributed by atoms with Gasteiger partial charge >= 0.3 is 11.9 Å². The minimum atomic E-state index is -1.43. The van der Waals surface area contributed by atoms with Gasteiger partial charge in [-0.05, 0) is 74.9 Å². The molecule has 3 N–H and O–H groups in total. The molecule has 4 aliphatic rings. The van der Waals surface area contributed by atoms with E-state index in [-0.39, 0.29) is 44.9 Å². The number of likely N-dealkylation sites (N-methyl/N-ethyl adjacent to an activating group) is 1. The highest BCUT2D eigenvalue weighted by atomic mass is 16.8. The largest absolute Gasteiger partial charge is 0.460 e. The fourth-order valence-corrected chi connectivity index (χ4v) is 9.35. The standard InChI is InChI=1S/C49H68N4O11/c1-8-10-14-25-48(26-15-11-9-2)62-40-37-28-49(46(59)50-29-32-17-16-20-34(27-32)44(57)51-36(31-54)22-24-39(56)61-47(3,4)5)42(45(58)60-37)53(64-43(49)41(40)63-48)30-35-19-13-12-18-33(35)21-23-38(55)52(6)7/h12-13,16-21,23,27,36-37,40-43,54H,8-11,14-15,22,24-26,28-31H2,1-7H3,(H,50,59)(H,51,57)/t36-,37+,40-,41-,42+,43+,49+/m0/s1. The van der Waals surface area contributed by atoms with Gasteiger partial charge in [0.25, 0.3) is 5.91 Å². The van der Waals surface area contributed by atoms with Crippen molar-refractivity contribution < 1.29 is 52.9 Å². The maximum Gasteiger partial charge on any atom is 0.327 e. The Bertz CT molecular complexity index is 2010. The number of nitrogens with one attached hydrogen (secondary N) is 2. The lowest BCUT2D eigenvalue weighted by Gasteiger charge is -2.48. The van der Waals surface area contributed by atoms with E-state index in [1.54, 1.807) is 70.3 Å². The number of carbonyl (C=O) groups excluding carboxylic acids is 5. The van der Waals surface area contributed by atoms with Crippen LogP contribution in [0.1, 0.15) is 132 Å². The molecule has 2 aromatic rings. The average Bonchev–Trinajstić information content (AvgIpc) is 3.81. The average molecular weight is 889 g/mol. The summed E-state index contributed by atoms with van der Waals surface area (Å²) in [6.45, 7) is 9.38. The molecule has 1 aliphatic carbocycles. The van der Waals surface area contributed by atoms with Gasteiger partial charge in [0.05, 0.1) is 19.2 Å². The molecular weight excluding hydrogens is 821 g/mol. The molecular formula is C49H68N4O11. The molecule has 0 spiro atoms. The maximum atomic E-state index is 15.1. The van der Waals surface area contributed by atoms with Gasteiger partial charge in [-0.3, -0.25) is 28.8 Å². The van der Waals surface area contributed by atoms with Crippen molar-refractivity contribution in [3.8, 4) is 0 Å². The van der Waals surface area contributed by atoms with E-state index in [1.165, 1.54) is 11.0 Å². The van der Waals surface area contributed by atoms with E-state index >= 15 is 4.79 Å². The molecule has 15 heteroatoms. The van der Waals surface area contributed by atoms with Crippen molar-refractivity contribution in [2.75, 3.05) is 20.7 Å². The summed E-state index contributed by atoms with van der Waals surface area (Å²) in [5, 5.41) is 17.4. The summed E-state index contributed by atoms with van der Waals surface area (Å²) in [6.07, 6.45) is 7.71. The SMILES string of the molecule is CCCCCC1(CCCCC)O[C@@H]2[C@H](O1)[C@H]1ON(Cc3ccccc3C=CC(=O)N(C)C)[C@@H]3C(=O)O[C@@H]2C[C@]13C(=O)NCc1cccc(C(=O)N[C@H](CO)CCC(=O)OC(C)(C)C)c1. The first kappa shape index (κ1) is 48.8. The molecule has 0 aromatic heterocycles. The molecule has 3 saturated heterocycles. The van der Waals surface area contributed by atoms with E-state index in [0.717, 1.165) is 49.7 Å². The molecule has 6 rings (SSSR count). The van der Waals surface area contributed by atoms with Gasteiger partial charge in [0.1, 0.15) is 35.4 Å². The number of hydroxylamine groups is 2. The third-order valence-corrected chi connectivity index (χ3v) is 12.5. The van der Waals surface area contributed by atoms with Gasteiger partial charge in [0.2, 0.25) is 11.8 Å². The Morgan fingerprint density at radius 1 is 0.984 bits per heavy atom. The molecule has 3 aliphatic heterocycles. The Balaban J connectivity index is 1.26. The van der Waals surface area contributed by atoms with E-state index in [4.69, 9.17) is 23.8 Å². The molecule has 350 valence electrons. The second-order valence-electron chi connectivity index (χ2n) is 18.8. The van der Waals surface area contributed by atoms with Crippen LogP contribution in [0.2, 0.25) is 0 Å². The summed E-state index contributed by atoms with van der Waals surface area (Å²) in [6, 6.07) is 12.5. The van der Waals surface area contributed by atoms with Crippen molar-refractivity contribution in [1.82, 2.24) is 20.6 Å². The van der Waals surface area contributed by atoms with Gasteiger partial charge in [-0.15, -0.1) is 0 Å². The maximum absolute atomic E-state index is 15.1. The number of ether oxygens (including phenoxy) is 4. The molecule has 3 heterocycles. The van der Waals surface area contributed by atoms with Gasteiger partial charge in [-0.1, -0.05) is 75.9 Å². The van der Waals surface area contributed by atoms with Crippen LogP contribution >= 0.6 is 0 Å². The molecule has 0 unspecified atom stereocenters. The third kappa shape index (κ3) is 11.2. The number of carbonyl (C=O) groups is 5. The highest BCUT2D eigenvalue weighted by Gasteiger charge is 2.76. The van der Waals surface area contributed by atoms with Crippen LogP contribution in [0, 0.1) is 5.41 Å². The zero-order chi connectivity index (χ0) is 46.2. The first-order chi connectivity index (χ1) is 30.5. The minimum absolute atomic E-state index is 0.0208. The van der Waals surface area contributed by atoms with Gasteiger partial charge in [-0.25, -0.2) is 0 Å². The number of hydrogen-bond acceptors (Lipinski definition) is 12. The van der Waals surface area contributed by atoms with E-state index in [9.17, 15) is 24.3 Å². The molecule has 15 nitrogen and oxygen atoms in total. The number of aliphatic hydroxyl groups excluding tert-OH is 1. The normalized spacial score (nSPS) is 25.1. The molecule has 2 aromatic carbocycles. The third-order valence-electron chi connectivity index (χ3n) is 12.5. The topological polar surface area (TPSA) is 182 Å². The lowest BCUT2D eigenvalue weighted by Crippen LogP contribution is -2.69. The molecule has 3 amide bonds. The zero-order valence-corrected chi connectivity index (χ0v) is 38.6. The Kier molecular flexibility index (Phi) is 16.1. The molecule has 0 radical (unpaired) electrons. The molecule has 1 saturated carbocycles. The number of amides is 3. The number of unbranched alkanes of at least 4 members (excludes halogenated alkanes) is 4. The van der Waals surface area contributed by atoms with Crippen LogP contribution in [0.15, 0.2) is 54.6 Å². The smallest absolute Gasteiger partial charge is 0.327 e. The van der Waals surface area contributed by atoms with Crippen LogP contribution in [0.3, 0.4) is 0 Å². The summed E-state index contributed by atoms with van der Waals surface area (Å²) in [5.74, 6) is -2.98. The highest BCUT2D eigenvalue weighted by Crippen LogP contribution is 2.58. The van der Waals surface area contributed by atoms with E-state index in [2.05, 4.69) is 24.5 Å². The lowest BCUT2D eigenvalue weighted by atomic mass is 9.62. The Hall–Kier alpha value is -4.67. The van der Waals surface area contributed by atoms with Crippen LogP contribution < -0.4 is 10.6 Å².